The summed E-state index contributed by atoms with van der Waals surface area (Å²) >= 11 is 1.57. The number of carbonyl (C=O) groups excluding carboxylic acids is 1. The summed E-state index contributed by atoms with van der Waals surface area (Å²) in [4.78, 5) is 20.0. The quantitative estimate of drug-likeness (QED) is 0.405. The van der Waals surface area contributed by atoms with Gasteiger partial charge in [-0.2, -0.15) is 0 Å². The largest absolute Gasteiger partial charge is 0.497 e. The maximum atomic E-state index is 13.4. The van der Waals surface area contributed by atoms with Gasteiger partial charge in [-0.25, -0.2) is 4.98 Å². The molecule has 0 saturated heterocycles. The molecule has 1 heterocycles. The molecule has 0 aliphatic carbocycles. The van der Waals surface area contributed by atoms with E-state index in [0.29, 0.717) is 13.0 Å². The highest BCUT2D eigenvalue weighted by Gasteiger charge is 2.21. The van der Waals surface area contributed by atoms with Crippen molar-refractivity contribution in [2.24, 2.45) is 0 Å². The molecule has 1 aromatic heterocycles. The van der Waals surface area contributed by atoms with Crippen molar-refractivity contribution in [3.05, 3.63) is 89.0 Å². The minimum atomic E-state index is 0.0254. The standard InChI is InChI=1S/C25H24N2O2S/c1-17-9-14-22-24(18(17)2)26-25(30-22)27(16-20-7-5-4-6-8-20)23(28)15-19-10-12-21(29-3)13-11-19/h4-14H,15-16H2,1-3H3. The SMILES string of the molecule is COc1ccc(CC(=O)N(Cc2ccccc2)c2nc3c(C)c(C)ccc3s2)cc1. The molecule has 4 rings (SSSR count). The zero-order valence-electron chi connectivity index (χ0n) is 17.4. The lowest BCUT2D eigenvalue weighted by molar-refractivity contribution is -0.118. The number of thiazole rings is 1. The average Bonchev–Trinajstić information content (AvgIpc) is 3.20. The third kappa shape index (κ3) is 4.21. The van der Waals surface area contributed by atoms with Crippen molar-refractivity contribution in [2.75, 3.05) is 12.0 Å². The summed E-state index contributed by atoms with van der Waals surface area (Å²) in [5, 5.41) is 0.737. The van der Waals surface area contributed by atoms with Crippen LogP contribution in [-0.4, -0.2) is 18.0 Å². The Morgan fingerprint density at radius 3 is 2.40 bits per heavy atom. The number of fused-ring (bicyclic) bond motifs is 1. The molecule has 152 valence electrons. The molecule has 0 aliphatic rings. The van der Waals surface area contributed by atoms with Gasteiger partial charge in [0.2, 0.25) is 5.91 Å². The Morgan fingerprint density at radius 1 is 0.967 bits per heavy atom. The lowest BCUT2D eigenvalue weighted by Gasteiger charge is -2.20. The number of aromatic nitrogens is 1. The highest BCUT2D eigenvalue weighted by Crippen LogP contribution is 2.33. The topological polar surface area (TPSA) is 42.4 Å². The van der Waals surface area contributed by atoms with Crippen molar-refractivity contribution < 1.29 is 9.53 Å². The summed E-state index contributed by atoms with van der Waals surface area (Å²) in [6, 6.07) is 21.9. The molecule has 3 aromatic carbocycles. The molecule has 4 nitrogen and oxygen atoms in total. The van der Waals surface area contributed by atoms with Crippen molar-refractivity contribution in [3.63, 3.8) is 0 Å². The van der Waals surface area contributed by atoms with Crippen LogP contribution in [0, 0.1) is 13.8 Å². The molecule has 0 unspecified atom stereocenters. The van der Waals surface area contributed by atoms with Crippen LogP contribution in [0.5, 0.6) is 5.75 Å². The average molecular weight is 417 g/mol. The van der Waals surface area contributed by atoms with Gasteiger partial charge in [0.25, 0.3) is 0 Å². The first kappa shape index (κ1) is 20.1. The number of benzene rings is 3. The van der Waals surface area contributed by atoms with Crippen LogP contribution in [0.4, 0.5) is 5.13 Å². The minimum Gasteiger partial charge on any atom is -0.497 e. The number of carbonyl (C=O) groups is 1. The van der Waals surface area contributed by atoms with E-state index >= 15 is 0 Å². The van der Waals surface area contributed by atoms with E-state index in [4.69, 9.17) is 9.72 Å². The van der Waals surface area contributed by atoms with Gasteiger partial charge >= 0.3 is 0 Å². The van der Waals surface area contributed by atoms with Crippen LogP contribution < -0.4 is 9.64 Å². The normalized spacial score (nSPS) is 10.9. The number of amides is 1. The summed E-state index contributed by atoms with van der Waals surface area (Å²) in [6.45, 7) is 4.67. The summed E-state index contributed by atoms with van der Waals surface area (Å²) in [5.41, 5.74) is 5.38. The fourth-order valence-electron chi connectivity index (χ4n) is 3.37. The number of hydrogen-bond donors (Lipinski definition) is 0. The number of anilines is 1. The molecule has 0 bridgehead atoms. The van der Waals surface area contributed by atoms with E-state index in [9.17, 15) is 4.79 Å². The van der Waals surface area contributed by atoms with E-state index in [0.717, 1.165) is 37.8 Å². The summed E-state index contributed by atoms with van der Waals surface area (Å²) < 4.78 is 6.32. The molecule has 5 heteroatoms. The summed E-state index contributed by atoms with van der Waals surface area (Å²) in [5.74, 6) is 0.807. The molecule has 0 aliphatic heterocycles. The van der Waals surface area contributed by atoms with Crippen molar-refractivity contribution >= 4 is 32.6 Å². The van der Waals surface area contributed by atoms with E-state index in [1.165, 1.54) is 5.56 Å². The zero-order valence-corrected chi connectivity index (χ0v) is 18.2. The maximum Gasteiger partial charge on any atom is 0.233 e. The monoisotopic (exact) mass is 416 g/mol. The van der Waals surface area contributed by atoms with Gasteiger partial charge < -0.3 is 4.74 Å². The van der Waals surface area contributed by atoms with Crippen molar-refractivity contribution in [2.45, 2.75) is 26.8 Å². The van der Waals surface area contributed by atoms with Crippen LogP contribution in [0.1, 0.15) is 22.3 Å². The van der Waals surface area contributed by atoms with Gasteiger partial charge in [0.1, 0.15) is 5.75 Å². The third-order valence-electron chi connectivity index (χ3n) is 5.30. The van der Waals surface area contributed by atoms with Crippen LogP contribution in [0.25, 0.3) is 10.2 Å². The predicted octanol–water partition coefficient (Wildman–Crippen LogP) is 5.70. The molecule has 0 fully saturated rings. The first-order chi connectivity index (χ1) is 14.5. The molecule has 4 aromatic rings. The minimum absolute atomic E-state index is 0.0254. The van der Waals surface area contributed by atoms with E-state index < -0.39 is 0 Å². The lowest BCUT2D eigenvalue weighted by Crippen LogP contribution is -2.31. The molecule has 0 N–H and O–H groups in total. The Bertz CT molecular complexity index is 1170. The predicted molar refractivity (Wildman–Crippen MR) is 123 cm³/mol. The van der Waals surface area contributed by atoms with Crippen LogP contribution in [0.2, 0.25) is 0 Å². The van der Waals surface area contributed by atoms with Crippen LogP contribution in [-0.2, 0) is 17.8 Å². The van der Waals surface area contributed by atoms with Gasteiger partial charge in [0.15, 0.2) is 5.13 Å². The number of ether oxygens (including phenoxy) is 1. The summed E-state index contributed by atoms with van der Waals surface area (Å²) in [6.07, 6.45) is 0.310. The fraction of sp³-hybridized carbons (Fsp3) is 0.200. The van der Waals surface area contributed by atoms with E-state index in [1.54, 1.807) is 23.3 Å². The van der Waals surface area contributed by atoms with E-state index in [-0.39, 0.29) is 5.91 Å². The van der Waals surface area contributed by atoms with Gasteiger partial charge in [-0.05, 0) is 54.3 Å². The number of hydrogen-bond acceptors (Lipinski definition) is 4. The molecular formula is C25H24N2O2S. The van der Waals surface area contributed by atoms with Gasteiger partial charge in [-0.15, -0.1) is 0 Å². The second-order valence-electron chi connectivity index (χ2n) is 7.34. The van der Waals surface area contributed by atoms with Crippen molar-refractivity contribution in [1.29, 1.82) is 0 Å². The van der Waals surface area contributed by atoms with Gasteiger partial charge in [0, 0.05) is 0 Å². The maximum absolute atomic E-state index is 13.4. The van der Waals surface area contributed by atoms with Crippen molar-refractivity contribution in [1.82, 2.24) is 4.98 Å². The molecule has 0 saturated carbocycles. The fourth-order valence-corrected chi connectivity index (χ4v) is 4.41. The Kier molecular flexibility index (Phi) is 5.81. The lowest BCUT2D eigenvalue weighted by atomic mass is 10.1. The molecule has 0 radical (unpaired) electrons. The first-order valence-electron chi connectivity index (χ1n) is 9.89. The molecule has 0 spiro atoms. The Hall–Kier alpha value is -3.18. The molecule has 1 amide bonds. The van der Waals surface area contributed by atoms with Gasteiger partial charge in [0.05, 0.1) is 30.3 Å². The van der Waals surface area contributed by atoms with E-state index in [2.05, 4.69) is 26.0 Å². The molecular weight excluding hydrogens is 392 g/mol. The number of rotatable bonds is 6. The van der Waals surface area contributed by atoms with Gasteiger partial charge in [-0.3, -0.25) is 9.69 Å². The highest BCUT2D eigenvalue weighted by atomic mass is 32.1. The van der Waals surface area contributed by atoms with Gasteiger partial charge in [-0.1, -0.05) is 59.9 Å². The second-order valence-corrected chi connectivity index (χ2v) is 8.35. The number of methoxy groups -OCH3 is 1. The first-order valence-corrected chi connectivity index (χ1v) is 10.7. The summed E-state index contributed by atoms with van der Waals surface area (Å²) in [7, 11) is 1.64. The smallest absolute Gasteiger partial charge is 0.233 e. The molecule has 0 atom stereocenters. The zero-order chi connectivity index (χ0) is 21.1. The molecule has 30 heavy (non-hydrogen) atoms. The number of aryl methyl sites for hydroxylation is 2. The van der Waals surface area contributed by atoms with Crippen LogP contribution in [0.3, 0.4) is 0 Å². The Labute approximate surface area is 180 Å². The number of nitrogens with zero attached hydrogens (tertiary/aromatic N) is 2. The Morgan fingerprint density at radius 2 is 1.70 bits per heavy atom. The third-order valence-corrected chi connectivity index (χ3v) is 6.35. The second kappa shape index (κ2) is 8.67. The Balaban J connectivity index is 1.68. The van der Waals surface area contributed by atoms with Crippen LogP contribution in [0.15, 0.2) is 66.7 Å². The van der Waals surface area contributed by atoms with E-state index in [1.807, 2.05) is 54.6 Å². The van der Waals surface area contributed by atoms with Crippen molar-refractivity contribution in [3.8, 4) is 5.75 Å². The highest BCUT2D eigenvalue weighted by molar-refractivity contribution is 7.22. The van der Waals surface area contributed by atoms with Crippen LogP contribution >= 0.6 is 11.3 Å².